The molecule has 3 amide bonds. The van der Waals surface area contributed by atoms with E-state index < -0.39 is 11.9 Å². The maximum absolute atomic E-state index is 12.6. The number of carbonyl (C=O) groups is 3. The number of imide groups is 1. The van der Waals surface area contributed by atoms with Gasteiger partial charge in [0.1, 0.15) is 11.8 Å². The van der Waals surface area contributed by atoms with Crippen LogP contribution in [0.15, 0.2) is 18.2 Å². The van der Waals surface area contributed by atoms with E-state index >= 15 is 0 Å². The fourth-order valence-corrected chi connectivity index (χ4v) is 3.09. The molecule has 0 spiro atoms. The van der Waals surface area contributed by atoms with Gasteiger partial charge in [-0.2, -0.15) is 0 Å². The molecule has 1 fully saturated rings. The highest BCUT2D eigenvalue weighted by molar-refractivity contribution is 6.05. The third-order valence-corrected chi connectivity index (χ3v) is 4.35. The minimum Gasteiger partial charge on any atom is -0.493 e. The van der Waals surface area contributed by atoms with Crippen molar-refractivity contribution in [3.63, 3.8) is 0 Å². The van der Waals surface area contributed by atoms with Gasteiger partial charge in [0.2, 0.25) is 11.8 Å². The van der Waals surface area contributed by atoms with Gasteiger partial charge in [-0.3, -0.25) is 19.7 Å². The fraction of sp³-hybridized carbons (Fsp3) is 0.471. The van der Waals surface area contributed by atoms with Gasteiger partial charge in [-0.15, -0.1) is 0 Å². The van der Waals surface area contributed by atoms with Crippen LogP contribution in [-0.4, -0.2) is 47.0 Å². The summed E-state index contributed by atoms with van der Waals surface area (Å²) < 4.78 is 5.73. The minimum atomic E-state index is -0.621. The molecule has 1 atom stereocenters. The molecule has 24 heavy (non-hydrogen) atoms. The van der Waals surface area contributed by atoms with Crippen molar-refractivity contribution in [2.75, 3.05) is 13.2 Å². The quantitative estimate of drug-likeness (QED) is 0.587. The van der Waals surface area contributed by atoms with Gasteiger partial charge < -0.3 is 14.7 Å². The molecule has 2 heterocycles. The predicted octanol–water partition coefficient (Wildman–Crippen LogP) is 0.599. The number of piperidine rings is 1. The van der Waals surface area contributed by atoms with E-state index in [9.17, 15) is 14.4 Å². The maximum atomic E-state index is 12.6. The molecule has 2 aliphatic rings. The average Bonchev–Trinajstić information content (AvgIpc) is 2.89. The zero-order valence-corrected chi connectivity index (χ0v) is 13.3. The number of unbranched alkanes of at least 4 members (excludes halogenated alkanes) is 1. The molecular weight excluding hydrogens is 312 g/mol. The Labute approximate surface area is 139 Å². The second kappa shape index (κ2) is 7.00. The summed E-state index contributed by atoms with van der Waals surface area (Å²) >= 11 is 0. The zero-order valence-electron chi connectivity index (χ0n) is 13.3. The first-order valence-corrected chi connectivity index (χ1v) is 8.12. The molecule has 7 heteroatoms. The summed E-state index contributed by atoms with van der Waals surface area (Å²) in [6.07, 6.45) is 1.97. The Morgan fingerprint density at radius 2 is 2.08 bits per heavy atom. The Balaban J connectivity index is 1.75. The number of carbonyl (C=O) groups excluding carboxylic acids is 3. The third-order valence-electron chi connectivity index (χ3n) is 4.35. The van der Waals surface area contributed by atoms with Crippen molar-refractivity contribution >= 4 is 17.7 Å². The first-order chi connectivity index (χ1) is 11.6. The number of aliphatic hydroxyl groups excluding tert-OH is 1. The highest BCUT2D eigenvalue weighted by Gasteiger charge is 2.40. The van der Waals surface area contributed by atoms with Crippen LogP contribution in [0.4, 0.5) is 0 Å². The van der Waals surface area contributed by atoms with Crippen LogP contribution in [0, 0.1) is 0 Å². The Morgan fingerprint density at radius 3 is 2.83 bits per heavy atom. The molecular formula is C17H20N2O5. The second-order valence-corrected chi connectivity index (χ2v) is 5.96. The molecule has 1 unspecified atom stereocenters. The molecule has 0 radical (unpaired) electrons. The summed E-state index contributed by atoms with van der Waals surface area (Å²) in [4.78, 5) is 37.5. The molecule has 0 aromatic heterocycles. The van der Waals surface area contributed by atoms with Gasteiger partial charge in [-0.05, 0) is 31.4 Å². The Hall–Kier alpha value is -2.41. The zero-order chi connectivity index (χ0) is 17.1. The largest absolute Gasteiger partial charge is 0.493 e. The summed E-state index contributed by atoms with van der Waals surface area (Å²) in [5.74, 6) is -0.292. The van der Waals surface area contributed by atoms with Gasteiger partial charge in [-0.25, -0.2) is 0 Å². The van der Waals surface area contributed by atoms with Crippen LogP contribution in [0.2, 0.25) is 0 Å². The Bertz CT molecular complexity index is 673. The van der Waals surface area contributed by atoms with Crippen molar-refractivity contribution in [1.82, 2.24) is 10.2 Å². The molecule has 1 aromatic rings. The number of aliphatic hydroxyl groups is 1. The summed E-state index contributed by atoms with van der Waals surface area (Å²) in [5, 5.41) is 11.1. The van der Waals surface area contributed by atoms with Gasteiger partial charge >= 0.3 is 0 Å². The smallest absolute Gasteiger partial charge is 0.255 e. The van der Waals surface area contributed by atoms with Crippen LogP contribution in [0.25, 0.3) is 0 Å². The molecule has 0 aliphatic carbocycles. The van der Waals surface area contributed by atoms with E-state index in [-0.39, 0.29) is 24.8 Å². The van der Waals surface area contributed by atoms with E-state index in [0.29, 0.717) is 37.3 Å². The normalized spacial score (nSPS) is 20.1. The number of amides is 3. The predicted molar refractivity (Wildman–Crippen MR) is 84.3 cm³/mol. The fourth-order valence-electron chi connectivity index (χ4n) is 3.09. The lowest BCUT2D eigenvalue weighted by molar-refractivity contribution is -0.136. The second-order valence-electron chi connectivity index (χ2n) is 5.96. The number of hydrogen-bond acceptors (Lipinski definition) is 5. The van der Waals surface area contributed by atoms with E-state index in [0.717, 1.165) is 12.0 Å². The monoisotopic (exact) mass is 332 g/mol. The maximum Gasteiger partial charge on any atom is 0.255 e. The van der Waals surface area contributed by atoms with E-state index in [4.69, 9.17) is 9.84 Å². The van der Waals surface area contributed by atoms with Crippen molar-refractivity contribution in [2.24, 2.45) is 0 Å². The molecule has 0 bridgehead atoms. The van der Waals surface area contributed by atoms with Crippen molar-refractivity contribution in [3.8, 4) is 5.75 Å². The number of nitrogens with one attached hydrogen (secondary N) is 1. The van der Waals surface area contributed by atoms with Gasteiger partial charge in [0, 0.05) is 24.2 Å². The summed E-state index contributed by atoms with van der Waals surface area (Å²) in [7, 11) is 0. The topological polar surface area (TPSA) is 95.9 Å². The molecule has 2 N–H and O–H groups in total. The van der Waals surface area contributed by atoms with Crippen molar-refractivity contribution in [1.29, 1.82) is 0 Å². The van der Waals surface area contributed by atoms with Crippen LogP contribution in [0.3, 0.4) is 0 Å². The van der Waals surface area contributed by atoms with Crippen LogP contribution < -0.4 is 10.1 Å². The average molecular weight is 332 g/mol. The third kappa shape index (κ3) is 3.12. The lowest BCUT2D eigenvalue weighted by Crippen LogP contribution is -2.52. The van der Waals surface area contributed by atoms with Gasteiger partial charge in [-0.1, -0.05) is 6.07 Å². The van der Waals surface area contributed by atoms with Gasteiger partial charge in [0.25, 0.3) is 5.91 Å². The van der Waals surface area contributed by atoms with E-state index in [2.05, 4.69) is 5.32 Å². The van der Waals surface area contributed by atoms with Crippen LogP contribution in [0.5, 0.6) is 5.75 Å². The lowest BCUT2D eigenvalue weighted by atomic mass is 10.0. The number of ether oxygens (including phenoxy) is 1. The first kappa shape index (κ1) is 16.4. The molecule has 0 saturated carbocycles. The number of rotatable bonds is 6. The number of benzene rings is 1. The number of hydrogen-bond donors (Lipinski definition) is 2. The molecule has 1 saturated heterocycles. The van der Waals surface area contributed by atoms with Crippen LogP contribution >= 0.6 is 0 Å². The summed E-state index contributed by atoms with van der Waals surface area (Å²) in [6.45, 7) is 0.887. The molecule has 3 rings (SSSR count). The van der Waals surface area contributed by atoms with Crippen LogP contribution in [-0.2, 0) is 16.1 Å². The highest BCUT2D eigenvalue weighted by Crippen LogP contribution is 2.33. The van der Waals surface area contributed by atoms with Crippen molar-refractivity contribution in [3.05, 3.63) is 29.3 Å². The van der Waals surface area contributed by atoms with E-state index in [1.165, 1.54) is 4.90 Å². The first-order valence-electron chi connectivity index (χ1n) is 8.12. The SMILES string of the molecule is O=C1CCC(N2Cc3c(OCCCCO)cccc3C2=O)C(=O)N1. The Kier molecular flexibility index (Phi) is 4.80. The van der Waals surface area contributed by atoms with Crippen molar-refractivity contribution < 1.29 is 24.2 Å². The lowest BCUT2D eigenvalue weighted by Gasteiger charge is -2.29. The van der Waals surface area contributed by atoms with E-state index in [1.807, 2.05) is 0 Å². The Morgan fingerprint density at radius 1 is 1.25 bits per heavy atom. The number of fused-ring (bicyclic) bond motifs is 1. The highest BCUT2D eigenvalue weighted by atomic mass is 16.5. The standard InChI is InChI=1S/C17H20N2O5/c20-8-1-2-9-24-14-5-3-4-11-12(14)10-19(17(11)23)13-6-7-15(21)18-16(13)22/h3-5,13,20H,1-2,6-10H2,(H,18,21,22). The molecule has 128 valence electrons. The minimum absolute atomic E-state index is 0.123. The molecule has 1 aromatic carbocycles. The summed E-state index contributed by atoms with van der Waals surface area (Å²) in [6, 6.07) is 4.67. The molecule has 2 aliphatic heterocycles. The van der Waals surface area contributed by atoms with E-state index in [1.54, 1.807) is 18.2 Å². The summed E-state index contributed by atoms with van der Waals surface area (Å²) in [5.41, 5.74) is 1.32. The van der Waals surface area contributed by atoms with Gasteiger partial charge in [0.05, 0.1) is 13.2 Å². The van der Waals surface area contributed by atoms with Crippen LogP contribution in [0.1, 0.15) is 41.6 Å². The molecule has 7 nitrogen and oxygen atoms in total. The number of nitrogens with zero attached hydrogens (tertiary/aromatic N) is 1. The van der Waals surface area contributed by atoms with Gasteiger partial charge in [0.15, 0.2) is 0 Å². The van der Waals surface area contributed by atoms with Crippen molar-refractivity contribution in [2.45, 2.75) is 38.3 Å².